The molecule has 1 saturated heterocycles. The lowest BCUT2D eigenvalue weighted by molar-refractivity contribution is 0.0787. The van der Waals surface area contributed by atoms with Gasteiger partial charge < -0.3 is 4.90 Å². The number of amides is 1. The minimum Gasteiger partial charge on any atom is -0.339 e. The summed E-state index contributed by atoms with van der Waals surface area (Å²) >= 11 is 5.41. The molecule has 0 aliphatic carbocycles. The average molecular weight is 246 g/mol. The number of benzene rings is 1. The molecule has 1 fully saturated rings. The zero-order chi connectivity index (χ0) is 11.7. The molecule has 1 aromatic rings. The van der Waals surface area contributed by atoms with Crippen molar-refractivity contribution in [2.24, 2.45) is 0 Å². The van der Waals surface area contributed by atoms with Gasteiger partial charge in [-0.1, -0.05) is 11.6 Å². The molecular weight excluding hydrogens is 236 g/mol. The van der Waals surface area contributed by atoms with Crippen molar-refractivity contribution in [3.05, 3.63) is 34.4 Å². The Hall–Kier alpha value is -1.16. The predicted octanol–water partition coefficient (Wildman–Crippen LogP) is 2.85. The highest BCUT2D eigenvalue weighted by Gasteiger charge is 2.23. The zero-order valence-corrected chi connectivity index (χ0v) is 9.23. The van der Waals surface area contributed by atoms with Gasteiger partial charge in [-0.25, -0.2) is 8.78 Å². The molecule has 0 atom stereocenters. The minimum absolute atomic E-state index is 0.246. The Labute approximate surface area is 96.8 Å². The number of hydrogen-bond acceptors (Lipinski definition) is 1. The standard InChI is InChI=1S/C11H10ClF2NO/c12-8-6-9(13)7(5-10(8)14)11(16)15-3-1-2-4-15/h5-6H,1-4H2. The smallest absolute Gasteiger partial charge is 0.256 e. The Morgan fingerprint density at radius 2 is 1.81 bits per heavy atom. The van der Waals surface area contributed by atoms with Crippen LogP contribution in [0.1, 0.15) is 23.2 Å². The lowest BCUT2D eigenvalue weighted by Crippen LogP contribution is -2.28. The third kappa shape index (κ3) is 2.02. The molecule has 0 unspecified atom stereocenters. The lowest BCUT2D eigenvalue weighted by Gasteiger charge is -2.15. The molecule has 1 aliphatic rings. The first-order valence-electron chi connectivity index (χ1n) is 5.03. The summed E-state index contributed by atoms with van der Waals surface area (Å²) in [6.07, 6.45) is 1.81. The van der Waals surface area contributed by atoms with E-state index in [-0.39, 0.29) is 10.6 Å². The molecule has 2 nitrogen and oxygen atoms in total. The number of carbonyl (C=O) groups excluding carboxylic acids is 1. The fourth-order valence-corrected chi connectivity index (χ4v) is 1.93. The van der Waals surface area contributed by atoms with Gasteiger partial charge in [0.05, 0.1) is 10.6 Å². The van der Waals surface area contributed by atoms with Crippen LogP contribution in [0.2, 0.25) is 5.02 Å². The molecule has 0 saturated carbocycles. The summed E-state index contributed by atoms with van der Waals surface area (Å²) < 4.78 is 26.6. The molecular formula is C11H10ClF2NO. The van der Waals surface area contributed by atoms with Crippen molar-refractivity contribution < 1.29 is 13.6 Å². The highest BCUT2D eigenvalue weighted by atomic mass is 35.5. The van der Waals surface area contributed by atoms with E-state index in [4.69, 9.17) is 11.6 Å². The third-order valence-electron chi connectivity index (χ3n) is 2.63. The molecule has 0 aromatic heterocycles. The summed E-state index contributed by atoms with van der Waals surface area (Å²) in [5.74, 6) is -2.01. The van der Waals surface area contributed by atoms with E-state index >= 15 is 0 Å². The van der Waals surface area contributed by atoms with Gasteiger partial charge in [-0.15, -0.1) is 0 Å². The Morgan fingerprint density at radius 1 is 1.19 bits per heavy atom. The average Bonchev–Trinajstić information content (AvgIpc) is 2.75. The van der Waals surface area contributed by atoms with Crippen LogP contribution in [0.15, 0.2) is 12.1 Å². The molecule has 16 heavy (non-hydrogen) atoms. The summed E-state index contributed by atoms with van der Waals surface area (Å²) in [5.41, 5.74) is -0.246. The Kier molecular flexibility index (Phi) is 3.10. The number of halogens is 3. The quantitative estimate of drug-likeness (QED) is 0.697. The normalized spacial score (nSPS) is 15.6. The summed E-state index contributed by atoms with van der Waals surface area (Å²) in [6.45, 7) is 1.20. The largest absolute Gasteiger partial charge is 0.339 e. The van der Waals surface area contributed by atoms with E-state index in [0.29, 0.717) is 13.1 Å². The first-order valence-corrected chi connectivity index (χ1v) is 5.41. The molecule has 0 bridgehead atoms. The Morgan fingerprint density at radius 3 is 2.44 bits per heavy atom. The number of hydrogen-bond donors (Lipinski definition) is 0. The maximum atomic E-state index is 13.4. The van der Waals surface area contributed by atoms with Crippen LogP contribution in [-0.4, -0.2) is 23.9 Å². The van der Waals surface area contributed by atoms with Crippen LogP contribution in [0.25, 0.3) is 0 Å². The van der Waals surface area contributed by atoms with Crippen molar-refractivity contribution in [3.8, 4) is 0 Å². The van der Waals surface area contributed by atoms with E-state index < -0.39 is 17.5 Å². The van der Waals surface area contributed by atoms with Gasteiger partial charge >= 0.3 is 0 Å². The maximum absolute atomic E-state index is 13.4. The van der Waals surface area contributed by atoms with Gasteiger partial charge in [0.2, 0.25) is 0 Å². The second kappa shape index (κ2) is 4.37. The van der Waals surface area contributed by atoms with E-state index in [2.05, 4.69) is 0 Å². The summed E-state index contributed by atoms with van der Waals surface area (Å²) in [4.78, 5) is 13.3. The third-order valence-corrected chi connectivity index (χ3v) is 2.92. The van der Waals surface area contributed by atoms with Crippen LogP contribution < -0.4 is 0 Å². The van der Waals surface area contributed by atoms with Crippen molar-refractivity contribution in [1.82, 2.24) is 4.90 Å². The van der Waals surface area contributed by atoms with Crippen molar-refractivity contribution in [2.45, 2.75) is 12.8 Å². The predicted molar refractivity (Wildman–Crippen MR) is 56.5 cm³/mol. The van der Waals surface area contributed by atoms with Crippen molar-refractivity contribution in [2.75, 3.05) is 13.1 Å². The van der Waals surface area contributed by atoms with Gasteiger partial charge in [-0.05, 0) is 25.0 Å². The summed E-state index contributed by atoms with van der Waals surface area (Å²) in [6, 6.07) is 1.69. The molecule has 0 radical (unpaired) electrons. The van der Waals surface area contributed by atoms with Gasteiger partial charge in [-0.2, -0.15) is 0 Å². The van der Waals surface area contributed by atoms with E-state index in [1.54, 1.807) is 0 Å². The first kappa shape index (κ1) is 11.3. The number of likely N-dealkylation sites (tertiary alicyclic amines) is 1. The van der Waals surface area contributed by atoms with Crippen molar-refractivity contribution >= 4 is 17.5 Å². The molecule has 86 valence electrons. The molecule has 5 heteroatoms. The number of nitrogens with zero attached hydrogens (tertiary/aromatic N) is 1. The van der Waals surface area contributed by atoms with Crippen LogP contribution in [0.4, 0.5) is 8.78 Å². The van der Waals surface area contributed by atoms with E-state index in [9.17, 15) is 13.6 Å². The van der Waals surface area contributed by atoms with Gasteiger partial charge in [0.1, 0.15) is 11.6 Å². The molecule has 2 rings (SSSR count). The van der Waals surface area contributed by atoms with Crippen LogP contribution in [0.3, 0.4) is 0 Å². The molecule has 0 spiro atoms. The molecule has 1 heterocycles. The van der Waals surface area contributed by atoms with E-state index in [1.807, 2.05) is 0 Å². The van der Waals surface area contributed by atoms with E-state index in [1.165, 1.54) is 4.90 Å². The first-order chi connectivity index (χ1) is 7.59. The maximum Gasteiger partial charge on any atom is 0.256 e. The van der Waals surface area contributed by atoms with Gasteiger partial charge in [-0.3, -0.25) is 4.79 Å². The minimum atomic E-state index is -0.775. The Balaban J connectivity index is 2.32. The number of carbonyl (C=O) groups is 1. The SMILES string of the molecule is O=C(c1cc(F)c(Cl)cc1F)N1CCCC1. The van der Waals surface area contributed by atoms with Crippen LogP contribution in [0.5, 0.6) is 0 Å². The monoisotopic (exact) mass is 245 g/mol. The van der Waals surface area contributed by atoms with Gasteiger partial charge in [0, 0.05) is 13.1 Å². The zero-order valence-electron chi connectivity index (χ0n) is 8.47. The molecule has 1 aliphatic heterocycles. The molecule has 1 amide bonds. The second-order valence-electron chi connectivity index (χ2n) is 3.75. The summed E-state index contributed by atoms with van der Waals surface area (Å²) in [7, 11) is 0. The fourth-order valence-electron chi connectivity index (χ4n) is 1.78. The van der Waals surface area contributed by atoms with Gasteiger partial charge in [0.15, 0.2) is 0 Å². The van der Waals surface area contributed by atoms with Crippen LogP contribution in [0, 0.1) is 11.6 Å². The van der Waals surface area contributed by atoms with Crippen LogP contribution in [-0.2, 0) is 0 Å². The Bertz CT molecular complexity index is 430. The summed E-state index contributed by atoms with van der Waals surface area (Å²) in [5, 5.41) is -0.310. The van der Waals surface area contributed by atoms with Gasteiger partial charge in [0.25, 0.3) is 5.91 Å². The van der Waals surface area contributed by atoms with Crippen molar-refractivity contribution in [3.63, 3.8) is 0 Å². The van der Waals surface area contributed by atoms with Crippen molar-refractivity contribution in [1.29, 1.82) is 0 Å². The second-order valence-corrected chi connectivity index (χ2v) is 4.15. The topological polar surface area (TPSA) is 20.3 Å². The highest BCUT2D eigenvalue weighted by molar-refractivity contribution is 6.30. The number of rotatable bonds is 1. The highest BCUT2D eigenvalue weighted by Crippen LogP contribution is 2.21. The molecule has 0 N–H and O–H groups in total. The molecule has 1 aromatic carbocycles. The van der Waals surface area contributed by atoms with E-state index in [0.717, 1.165) is 25.0 Å². The fraction of sp³-hybridized carbons (Fsp3) is 0.364. The lowest BCUT2D eigenvalue weighted by atomic mass is 10.2. The van der Waals surface area contributed by atoms with Crippen LogP contribution >= 0.6 is 11.6 Å².